The molecule has 3 nitrogen and oxygen atoms in total. The molecule has 1 unspecified atom stereocenters. The quantitative estimate of drug-likeness (QED) is 0.778. The molecule has 0 spiro atoms. The minimum Gasteiger partial charge on any atom is -0.394 e. The summed E-state index contributed by atoms with van der Waals surface area (Å²) in [5.74, 6) is 0.101. The van der Waals surface area contributed by atoms with Crippen molar-refractivity contribution in [1.29, 1.82) is 5.26 Å². The fourth-order valence-corrected chi connectivity index (χ4v) is 2.31. The van der Waals surface area contributed by atoms with Gasteiger partial charge in [-0.2, -0.15) is 5.26 Å². The van der Waals surface area contributed by atoms with Crippen LogP contribution in [0.5, 0.6) is 0 Å². The average Bonchev–Trinajstić information content (AvgIpc) is 2.60. The van der Waals surface area contributed by atoms with Crippen molar-refractivity contribution in [2.45, 2.75) is 45.6 Å². The van der Waals surface area contributed by atoms with Gasteiger partial charge in [-0.15, -0.1) is 0 Å². The molecule has 1 aliphatic heterocycles. The van der Waals surface area contributed by atoms with Gasteiger partial charge in [0.2, 0.25) is 0 Å². The Kier molecular flexibility index (Phi) is 6.55. The van der Waals surface area contributed by atoms with Gasteiger partial charge in [-0.3, -0.25) is 4.90 Å². The molecule has 1 rings (SSSR count). The summed E-state index contributed by atoms with van der Waals surface area (Å²) in [6.45, 7) is 7.09. The van der Waals surface area contributed by atoms with Crippen molar-refractivity contribution >= 4 is 0 Å². The first-order chi connectivity index (χ1) is 7.18. The normalized spacial score (nSPS) is 30.5. The second kappa shape index (κ2) is 6.81. The van der Waals surface area contributed by atoms with E-state index in [1.165, 1.54) is 0 Å². The van der Waals surface area contributed by atoms with Gasteiger partial charge in [-0.05, 0) is 19.9 Å². The van der Waals surface area contributed by atoms with Crippen LogP contribution < -0.4 is 0 Å². The van der Waals surface area contributed by atoms with Crippen LogP contribution in [-0.4, -0.2) is 35.7 Å². The van der Waals surface area contributed by atoms with E-state index in [1.807, 2.05) is 20.9 Å². The maximum absolute atomic E-state index is 9.38. The topological polar surface area (TPSA) is 47.3 Å². The fourth-order valence-electron chi connectivity index (χ4n) is 2.31. The molecular formula is C12H24N2O. The van der Waals surface area contributed by atoms with Crippen LogP contribution in [0.25, 0.3) is 0 Å². The predicted molar refractivity (Wildman–Crippen MR) is 62.4 cm³/mol. The molecule has 1 aliphatic rings. The highest BCUT2D eigenvalue weighted by atomic mass is 16.3. The van der Waals surface area contributed by atoms with E-state index in [4.69, 9.17) is 5.26 Å². The largest absolute Gasteiger partial charge is 0.394 e. The van der Waals surface area contributed by atoms with Gasteiger partial charge in [-0.25, -0.2) is 0 Å². The van der Waals surface area contributed by atoms with Gasteiger partial charge >= 0.3 is 0 Å². The van der Waals surface area contributed by atoms with Crippen molar-refractivity contribution in [2.75, 3.05) is 20.2 Å². The summed E-state index contributed by atoms with van der Waals surface area (Å²) in [6.07, 6.45) is 2.87. The first-order valence-electron chi connectivity index (χ1n) is 5.90. The van der Waals surface area contributed by atoms with Gasteiger partial charge in [0.05, 0.1) is 18.6 Å². The van der Waals surface area contributed by atoms with Gasteiger partial charge in [0, 0.05) is 12.1 Å². The Morgan fingerprint density at radius 2 is 2.13 bits per heavy atom. The number of likely N-dealkylation sites (tertiary alicyclic amines) is 1. The van der Waals surface area contributed by atoms with Crippen LogP contribution in [0, 0.1) is 17.2 Å². The molecule has 0 aromatic rings. The number of likely N-dealkylation sites (N-methyl/N-ethyl adjacent to an activating group) is 1. The maximum Gasteiger partial charge on any atom is 0.0670 e. The Morgan fingerprint density at radius 3 is 2.47 bits per heavy atom. The zero-order valence-corrected chi connectivity index (χ0v) is 10.5. The summed E-state index contributed by atoms with van der Waals surface area (Å²) in [5.41, 5.74) is -0.116. The Hall–Kier alpha value is -0.590. The van der Waals surface area contributed by atoms with Gasteiger partial charge in [0.1, 0.15) is 0 Å². The van der Waals surface area contributed by atoms with Gasteiger partial charge in [0.25, 0.3) is 0 Å². The number of aliphatic hydroxyl groups is 1. The van der Waals surface area contributed by atoms with Crippen LogP contribution >= 0.6 is 0 Å². The summed E-state index contributed by atoms with van der Waals surface area (Å²) in [4.78, 5) is 2.14. The third kappa shape index (κ3) is 3.19. The molecule has 1 N–H and O–H groups in total. The summed E-state index contributed by atoms with van der Waals surface area (Å²) in [5, 5.41) is 18.2. The molecule has 0 aliphatic carbocycles. The first kappa shape index (κ1) is 14.4. The number of rotatable bonds is 3. The lowest BCUT2D eigenvalue weighted by Crippen LogP contribution is -2.44. The first-order valence-corrected chi connectivity index (χ1v) is 5.90. The SMILES string of the molecule is CC.CCC[C@@]1(CO)CC(C#N)CN1C. The second-order valence-corrected chi connectivity index (χ2v) is 4.04. The molecule has 0 aromatic heterocycles. The number of hydrogen-bond acceptors (Lipinski definition) is 3. The number of hydrogen-bond donors (Lipinski definition) is 1. The molecule has 0 radical (unpaired) electrons. The number of nitriles is 1. The van der Waals surface area contributed by atoms with Crippen LogP contribution in [0.3, 0.4) is 0 Å². The molecule has 1 heterocycles. The molecule has 3 heteroatoms. The second-order valence-electron chi connectivity index (χ2n) is 4.04. The average molecular weight is 212 g/mol. The summed E-state index contributed by atoms with van der Waals surface area (Å²) in [6, 6.07) is 2.29. The standard InChI is InChI=1S/C10H18N2O.C2H6/c1-3-4-10(8-13)5-9(6-11)7-12(10)2;1-2/h9,13H,3-5,7-8H2,1-2H3;1-2H3/t9?,10-;/m0./s1. The summed E-state index contributed by atoms with van der Waals surface area (Å²) < 4.78 is 0. The minimum atomic E-state index is -0.116. The molecule has 0 aromatic carbocycles. The van der Waals surface area contributed by atoms with Crippen LogP contribution in [0.1, 0.15) is 40.0 Å². The summed E-state index contributed by atoms with van der Waals surface area (Å²) in [7, 11) is 2.00. The van der Waals surface area contributed by atoms with E-state index in [0.29, 0.717) is 0 Å². The van der Waals surface area contributed by atoms with Crippen LogP contribution in [0.4, 0.5) is 0 Å². The molecule has 0 bridgehead atoms. The maximum atomic E-state index is 9.38. The highest BCUT2D eigenvalue weighted by Gasteiger charge is 2.42. The van der Waals surface area contributed by atoms with Gasteiger partial charge in [0.15, 0.2) is 0 Å². The van der Waals surface area contributed by atoms with Crippen molar-refractivity contribution in [1.82, 2.24) is 4.90 Å². The van der Waals surface area contributed by atoms with Crippen LogP contribution in [0.15, 0.2) is 0 Å². The van der Waals surface area contributed by atoms with Gasteiger partial charge in [-0.1, -0.05) is 27.2 Å². The van der Waals surface area contributed by atoms with E-state index in [0.717, 1.165) is 25.8 Å². The monoisotopic (exact) mass is 212 g/mol. The number of nitrogens with zero attached hydrogens (tertiary/aromatic N) is 2. The van der Waals surface area contributed by atoms with E-state index in [9.17, 15) is 5.11 Å². The Labute approximate surface area is 93.7 Å². The van der Waals surface area contributed by atoms with Gasteiger partial charge < -0.3 is 5.11 Å². The van der Waals surface area contributed by atoms with Crippen molar-refractivity contribution in [2.24, 2.45) is 5.92 Å². The highest BCUT2D eigenvalue weighted by molar-refractivity contribution is 5.03. The Bertz CT molecular complexity index is 212. The molecule has 2 atom stereocenters. The predicted octanol–water partition coefficient (Wildman–Crippen LogP) is 2.02. The van der Waals surface area contributed by atoms with Crippen molar-refractivity contribution in [3.05, 3.63) is 0 Å². The lowest BCUT2D eigenvalue weighted by Gasteiger charge is -2.33. The van der Waals surface area contributed by atoms with E-state index in [1.54, 1.807) is 0 Å². The minimum absolute atomic E-state index is 0.101. The molecule has 1 fully saturated rings. The fraction of sp³-hybridized carbons (Fsp3) is 0.917. The van der Waals surface area contributed by atoms with Crippen molar-refractivity contribution in [3.63, 3.8) is 0 Å². The molecular weight excluding hydrogens is 188 g/mol. The molecule has 0 amide bonds. The van der Waals surface area contributed by atoms with Crippen LogP contribution in [-0.2, 0) is 0 Å². The smallest absolute Gasteiger partial charge is 0.0670 e. The third-order valence-corrected chi connectivity index (χ3v) is 3.12. The van der Waals surface area contributed by atoms with E-state index in [-0.39, 0.29) is 18.1 Å². The third-order valence-electron chi connectivity index (χ3n) is 3.12. The lowest BCUT2D eigenvalue weighted by atomic mass is 9.89. The van der Waals surface area contributed by atoms with Crippen molar-refractivity contribution in [3.8, 4) is 6.07 Å². The van der Waals surface area contributed by atoms with Crippen molar-refractivity contribution < 1.29 is 5.11 Å². The Morgan fingerprint density at radius 1 is 1.53 bits per heavy atom. The van der Waals surface area contributed by atoms with E-state index in [2.05, 4.69) is 17.9 Å². The van der Waals surface area contributed by atoms with E-state index < -0.39 is 0 Å². The molecule has 1 saturated heterocycles. The highest BCUT2D eigenvalue weighted by Crippen LogP contribution is 2.34. The Balaban J connectivity index is 0.000000921. The summed E-state index contributed by atoms with van der Waals surface area (Å²) >= 11 is 0. The van der Waals surface area contributed by atoms with Crippen LogP contribution in [0.2, 0.25) is 0 Å². The molecule has 88 valence electrons. The zero-order chi connectivity index (χ0) is 11.9. The lowest BCUT2D eigenvalue weighted by molar-refractivity contribution is 0.0753. The number of aliphatic hydroxyl groups excluding tert-OH is 1. The zero-order valence-electron chi connectivity index (χ0n) is 10.5. The van der Waals surface area contributed by atoms with E-state index >= 15 is 0 Å². The molecule has 15 heavy (non-hydrogen) atoms. The molecule has 0 saturated carbocycles.